The number of methoxy groups -OCH3 is 1. The van der Waals surface area contributed by atoms with Crippen molar-refractivity contribution in [3.05, 3.63) is 11.3 Å². The van der Waals surface area contributed by atoms with Gasteiger partial charge in [-0.05, 0) is 57.3 Å². The first-order chi connectivity index (χ1) is 14.0. The fourth-order valence-electron chi connectivity index (χ4n) is 4.46. The molecular weight excluding hydrogens is 370 g/mol. The van der Waals surface area contributed by atoms with Crippen LogP contribution in [0.3, 0.4) is 0 Å². The molecule has 162 valence electrons. The monoisotopic (exact) mass is 405 g/mol. The third-order valence-corrected chi connectivity index (χ3v) is 6.08. The van der Waals surface area contributed by atoms with Crippen LogP contribution < -0.4 is 10.2 Å². The van der Waals surface area contributed by atoms with Crippen molar-refractivity contribution in [1.29, 1.82) is 0 Å². The SMILES string of the molecule is COCCN(CC1CCC(Nc2nc3c(c(N(C)C)n2)CCCC3)CC1)C(=O)O. The summed E-state index contributed by atoms with van der Waals surface area (Å²) in [5.41, 5.74) is 2.50. The van der Waals surface area contributed by atoms with Gasteiger partial charge in [0.25, 0.3) is 0 Å². The highest BCUT2D eigenvalue weighted by Crippen LogP contribution is 2.30. The molecule has 0 aliphatic heterocycles. The van der Waals surface area contributed by atoms with E-state index in [0.717, 1.165) is 50.3 Å². The molecule has 0 atom stereocenters. The molecule has 1 heterocycles. The van der Waals surface area contributed by atoms with Crippen LogP contribution in [0.5, 0.6) is 0 Å². The molecule has 0 spiro atoms. The first-order valence-corrected chi connectivity index (χ1v) is 10.8. The molecule has 0 aromatic carbocycles. The van der Waals surface area contributed by atoms with Gasteiger partial charge in [-0.2, -0.15) is 4.98 Å². The first-order valence-electron chi connectivity index (χ1n) is 10.8. The van der Waals surface area contributed by atoms with Crippen LogP contribution in [0.1, 0.15) is 49.8 Å². The van der Waals surface area contributed by atoms with Crippen LogP contribution in [0.2, 0.25) is 0 Å². The van der Waals surface area contributed by atoms with Crippen LogP contribution in [0.25, 0.3) is 0 Å². The Morgan fingerprint density at radius 1 is 1.17 bits per heavy atom. The standard InChI is InChI=1S/C21H35N5O3/c1-25(2)19-17-6-4-5-7-18(17)23-20(24-19)22-16-10-8-15(9-11-16)14-26(21(27)28)12-13-29-3/h15-16H,4-14H2,1-3H3,(H,27,28)(H,22,23,24). The van der Waals surface area contributed by atoms with E-state index in [1.54, 1.807) is 7.11 Å². The van der Waals surface area contributed by atoms with Gasteiger partial charge in [-0.1, -0.05) is 0 Å². The fraction of sp³-hybridized carbons (Fsp3) is 0.762. The molecule has 0 saturated heterocycles. The van der Waals surface area contributed by atoms with E-state index in [1.165, 1.54) is 29.0 Å². The molecule has 2 aliphatic carbocycles. The second kappa shape index (κ2) is 10.1. The average molecular weight is 406 g/mol. The number of aryl methyl sites for hydroxylation is 1. The number of rotatable bonds is 8. The quantitative estimate of drug-likeness (QED) is 0.687. The van der Waals surface area contributed by atoms with E-state index in [9.17, 15) is 9.90 Å². The van der Waals surface area contributed by atoms with Crippen molar-refractivity contribution in [2.75, 3.05) is 51.1 Å². The summed E-state index contributed by atoms with van der Waals surface area (Å²) in [7, 11) is 5.69. The van der Waals surface area contributed by atoms with Crippen molar-refractivity contribution >= 4 is 17.9 Å². The molecule has 8 nitrogen and oxygen atoms in total. The predicted molar refractivity (Wildman–Crippen MR) is 114 cm³/mol. The van der Waals surface area contributed by atoms with Gasteiger partial charge < -0.3 is 25.0 Å². The molecule has 1 aromatic heterocycles. The van der Waals surface area contributed by atoms with E-state index in [0.29, 0.717) is 31.7 Å². The molecule has 2 N–H and O–H groups in total. The third kappa shape index (κ3) is 5.72. The number of hydrogen-bond acceptors (Lipinski definition) is 6. The lowest BCUT2D eigenvalue weighted by atomic mass is 9.85. The zero-order chi connectivity index (χ0) is 20.8. The number of anilines is 2. The van der Waals surface area contributed by atoms with Crippen LogP contribution >= 0.6 is 0 Å². The summed E-state index contributed by atoms with van der Waals surface area (Å²) in [5.74, 6) is 2.19. The lowest BCUT2D eigenvalue weighted by Gasteiger charge is -2.32. The predicted octanol–water partition coefficient (Wildman–Crippen LogP) is 3.02. The maximum Gasteiger partial charge on any atom is 0.407 e. The smallest absolute Gasteiger partial charge is 0.407 e. The van der Waals surface area contributed by atoms with Gasteiger partial charge >= 0.3 is 6.09 Å². The summed E-state index contributed by atoms with van der Waals surface area (Å²) in [6.07, 6.45) is 7.71. The van der Waals surface area contributed by atoms with Crippen LogP contribution in [0, 0.1) is 5.92 Å². The number of hydrogen-bond donors (Lipinski definition) is 2. The van der Waals surface area contributed by atoms with Gasteiger partial charge in [0.2, 0.25) is 5.95 Å². The summed E-state index contributed by atoms with van der Waals surface area (Å²) in [4.78, 5) is 24.6. The van der Waals surface area contributed by atoms with E-state index in [-0.39, 0.29) is 0 Å². The van der Waals surface area contributed by atoms with Gasteiger partial charge in [0.1, 0.15) is 5.82 Å². The van der Waals surface area contributed by atoms with Gasteiger partial charge in [0.05, 0.1) is 12.3 Å². The largest absolute Gasteiger partial charge is 0.465 e. The summed E-state index contributed by atoms with van der Waals surface area (Å²) >= 11 is 0. The van der Waals surface area contributed by atoms with Gasteiger partial charge in [-0.25, -0.2) is 9.78 Å². The Morgan fingerprint density at radius 2 is 1.90 bits per heavy atom. The number of nitrogens with one attached hydrogen (secondary N) is 1. The second-order valence-corrected chi connectivity index (χ2v) is 8.48. The number of ether oxygens (including phenoxy) is 1. The van der Waals surface area contributed by atoms with Crippen LogP contribution in [0.4, 0.5) is 16.6 Å². The van der Waals surface area contributed by atoms with Crippen molar-refractivity contribution in [3.63, 3.8) is 0 Å². The maximum atomic E-state index is 11.4. The van der Waals surface area contributed by atoms with Gasteiger partial charge in [-0.15, -0.1) is 0 Å². The van der Waals surface area contributed by atoms with E-state index in [4.69, 9.17) is 14.7 Å². The highest BCUT2D eigenvalue weighted by molar-refractivity contribution is 5.64. The summed E-state index contributed by atoms with van der Waals surface area (Å²) < 4.78 is 5.03. The first kappa shape index (κ1) is 21.6. The number of amides is 1. The number of aromatic nitrogens is 2. The number of fused-ring (bicyclic) bond motifs is 1. The molecular formula is C21H35N5O3. The molecule has 1 saturated carbocycles. The van der Waals surface area contributed by atoms with Crippen molar-refractivity contribution in [3.8, 4) is 0 Å². The lowest BCUT2D eigenvalue weighted by Crippen LogP contribution is -2.39. The zero-order valence-electron chi connectivity index (χ0n) is 18.0. The molecule has 29 heavy (non-hydrogen) atoms. The Bertz CT molecular complexity index is 689. The van der Waals surface area contributed by atoms with Crippen molar-refractivity contribution in [2.45, 2.75) is 57.4 Å². The minimum Gasteiger partial charge on any atom is -0.465 e. The Kier molecular flexibility index (Phi) is 7.52. The number of carboxylic acid groups (broad SMARTS) is 1. The third-order valence-electron chi connectivity index (χ3n) is 6.08. The van der Waals surface area contributed by atoms with Gasteiger partial charge in [0, 0.05) is 45.9 Å². The van der Waals surface area contributed by atoms with Crippen LogP contribution in [0.15, 0.2) is 0 Å². The maximum absolute atomic E-state index is 11.4. The van der Waals surface area contributed by atoms with Crippen molar-refractivity contribution in [2.24, 2.45) is 5.92 Å². The molecule has 1 amide bonds. The number of nitrogens with zero attached hydrogens (tertiary/aromatic N) is 4. The van der Waals surface area contributed by atoms with Crippen molar-refractivity contribution < 1.29 is 14.6 Å². The molecule has 2 aliphatic rings. The van der Waals surface area contributed by atoms with Crippen molar-refractivity contribution in [1.82, 2.24) is 14.9 Å². The molecule has 0 unspecified atom stereocenters. The van der Waals surface area contributed by atoms with E-state index in [1.807, 2.05) is 14.1 Å². The molecule has 1 aromatic rings. The van der Waals surface area contributed by atoms with E-state index < -0.39 is 6.09 Å². The van der Waals surface area contributed by atoms with Gasteiger partial charge in [-0.3, -0.25) is 0 Å². The molecule has 3 rings (SSSR count). The fourth-order valence-corrected chi connectivity index (χ4v) is 4.46. The topological polar surface area (TPSA) is 90.8 Å². The highest BCUT2D eigenvalue weighted by Gasteiger charge is 2.26. The van der Waals surface area contributed by atoms with E-state index >= 15 is 0 Å². The average Bonchev–Trinajstić information content (AvgIpc) is 2.71. The van der Waals surface area contributed by atoms with E-state index in [2.05, 4.69) is 10.2 Å². The summed E-state index contributed by atoms with van der Waals surface area (Å²) in [6.45, 7) is 1.46. The Morgan fingerprint density at radius 3 is 2.55 bits per heavy atom. The Labute approximate surface area is 173 Å². The van der Waals surface area contributed by atoms with Gasteiger partial charge in [0.15, 0.2) is 0 Å². The molecule has 8 heteroatoms. The lowest BCUT2D eigenvalue weighted by molar-refractivity contribution is 0.105. The Hall–Kier alpha value is -2.09. The van der Waals surface area contributed by atoms with Crippen LogP contribution in [-0.4, -0.2) is 73.0 Å². The molecule has 0 bridgehead atoms. The normalized spacial score (nSPS) is 21.3. The zero-order valence-corrected chi connectivity index (χ0v) is 18.0. The molecule has 1 fully saturated rings. The Balaban J connectivity index is 1.57. The minimum atomic E-state index is -0.860. The summed E-state index contributed by atoms with van der Waals surface area (Å²) in [6, 6.07) is 0.347. The highest BCUT2D eigenvalue weighted by atomic mass is 16.5. The molecule has 0 radical (unpaired) electrons. The summed E-state index contributed by atoms with van der Waals surface area (Å²) in [5, 5.41) is 12.9. The van der Waals surface area contributed by atoms with Crippen LogP contribution in [-0.2, 0) is 17.6 Å². The minimum absolute atomic E-state index is 0.347. The number of carbonyl (C=O) groups is 1. The second-order valence-electron chi connectivity index (χ2n) is 8.48.